The van der Waals surface area contributed by atoms with Gasteiger partial charge in [0.1, 0.15) is 5.75 Å². The second-order valence-corrected chi connectivity index (χ2v) is 3.61. The normalized spacial score (nSPS) is 24.8. The molecule has 14 heavy (non-hydrogen) atoms. The van der Waals surface area contributed by atoms with E-state index in [4.69, 9.17) is 4.74 Å². The van der Waals surface area contributed by atoms with Gasteiger partial charge < -0.3 is 15.2 Å². The standard InChI is InChI=1S/C11H15NO2/c1-12-10-5-7-3-4-8(14-2)6-9(7)11(10)13/h3-4,6,10-13H,5H2,1-2H3. The molecule has 0 heterocycles. The van der Waals surface area contributed by atoms with E-state index < -0.39 is 6.10 Å². The van der Waals surface area contributed by atoms with Gasteiger partial charge in [-0.1, -0.05) is 6.07 Å². The number of fused-ring (bicyclic) bond motifs is 1. The van der Waals surface area contributed by atoms with Crippen LogP contribution in [0.25, 0.3) is 0 Å². The summed E-state index contributed by atoms with van der Waals surface area (Å²) >= 11 is 0. The molecule has 0 amide bonds. The molecule has 0 saturated carbocycles. The number of hydrogen-bond donors (Lipinski definition) is 2. The second kappa shape index (κ2) is 3.59. The molecule has 3 heteroatoms. The van der Waals surface area contributed by atoms with Crippen LogP contribution in [0.2, 0.25) is 0 Å². The lowest BCUT2D eigenvalue weighted by Crippen LogP contribution is -2.29. The predicted molar refractivity (Wildman–Crippen MR) is 54.5 cm³/mol. The molecule has 1 aliphatic carbocycles. The van der Waals surface area contributed by atoms with Crippen LogP contribution in [0.15, 0.2) is 18.2 Å². The van der Waals surface area contributed by atoms with Crippen molar-refractivity contribution >= 4 is 0 Å². The molecule has 0 aliphatic heterocycles. The van der Waals surface area contributed by atoms with Gasteiger partial charge in [-0.2, -0.15) is 0 Å². The van der Waals surface area contributed by atoms with Gasteiger partial charge in [-0.15, -0.1) is 0 Å². The van der Waals surface area contributed by atoms with E-state index in [1.165, 1.54) is 5.56 Å². The average molecular weight is 193 g/mol. The van der Waals surface area contributed by atoms with E-state index in [1.807, 2.05) is 25.2 Å². The lowest BCUT2D eigenvalue weighted by Gasteiger charge is -2.13. The van der Waals surface area contributed by atoms with Crippen molar-refractivity contribution in [2.24, 2.45) is 0 Å². The SMILES string of the molecule is CNC1Cc2ccc(OC)cc2C1O. The van der Waals surface area contributed by atoms with Gasteiger partial charge in [-0.3, -0.25) is 0 Å². The minimum atomic E-state index is -0.412. The Bertz CT molecular complexity index is 338. The molecule has 0 bridgehead atoms. The highest BCUT2D eigenvalue weighted by Gasteiger charge is 2.29. The Labute approximate surface area is 83.7 Å². The fraction of sp³-hybridized carbons (Fsp3) is 0.455. The van der Waals surface area contributed by atoms with Gasteiger partial charge in [0.15, 0.2) is 0 Å². The van der Waals surface area contributed by atoms with Gasteiger partial charge in [0.25, 0.3) is 0 Å². The lowest BCUT2D eigenvalue weighted by atomic mass is 10.1. The Kier molecular flexibility index (Phi) is 2.44. The molecule has 76 valence electrons. The molecule has 0 spiro atoms. The first-order chi connectivity index (χ1) is 6.76. The van der Waals surface area contributed by atoms with Crippen molar-refractivity contribution in [3.05, 3.63) is 29.3 Å². The summed E-state index contributed by atoms with van der Waals surface area (Å²) < 4.78 is 5.13. The highest BCUT2D eigenvalue weighted by atomic mass is 16.5. The molecule has 1 aliphatic rings. The van der Waals surface area contributed by atoms with E-state index in [0.717, 1.165) is 17.7 Å². The molecule has 0 saturated heterocycles. The average Bonchev–Trinajstić information content (AvgIpc) is 2.55. The fourth-order valence-electron chi connectivity index (χ4n) is 1.99. The summed E-state index contributed by atoms with van der Waals surface area (Å²) in [6, 6.07) is 6.01. The molecule has 3 nitrogen and oxygen atoms in total. The number of nitrogens with one attached hydrogen (secondary N) is 1. The maximum atomic E-state index is 9.94. The molecule has 0 radical (unpaired) electrons. The van der Waals surface area contributed by atoms with Crippen LogP contribution in [0.3, 0.4) is 0 Å². The first kappa shape index (κ1) is 9.49. The second-order valence-electron chi connectivity index (χ2n) is 3.61. The van der Waals surface area contributed by atoms with Gasteiger partial charge in [0, 0.05) is 6.04 Å². The Balaban J connectivity index is 2.35. The fourth-order valence-corrected chi connectivity index (χ4v) is 1.99. The third kappa shape index (κ3) is 1.38. The summed E-state index contributed by atoms with van der Waals surface area (Å²) in [6.07, 6.45) is 0.474. The number of rotatable bonds is 2. The summed E-state index contributed by atoms with van der Waals surface area (Å²) in [5, 5.41) is 13.1. The summed E-state index contributed by atoms with van der Waals surface area (Å²) in [5.41, 5.74) is 2.20. The minimum absolute atomic E-state index is 0.136. The molecule has 1 aromatic carbocycles. The van der Waals surface area contributed by atoms with Crippen molar-refractivity contribution in [3.63, 3.8) is 0 Å². The summed E-state index contributed by atoms with van der Waals surface area (Å²) in [5.74, 6) is 0.805. The van der Waals surface area contributed by atoms with Crippen LogP contribution >= 0.6 is 0 Å². The zero-order valence-electron chi connectivity index (χ0n) is 8.45. The Morgan fingerprint density at radius 1 is 1.50 bits per heavy atom. The van der Waals surface area contributed by atoms with Crippen LogP contribution in [-0.2, 0) is 6.42 Å². The maximum Gasteiger partial charge on any atom is 0.119 e. The van der Waals surface area contributed by atoms with Gasteiger partial charge in [-0.05, 0) is 36.7 Å². The van der Waals surface area contributed by atoms with Crippen LogP contribution in [0.1, 0.15) is 17.2 Å². The first-order valence-corrected chi connectivity index (χ1v) is 4.78. The summed E-state index contributed by atoms with van der Waals surface area (Å²) in [6.45, 7) is 0. The van der Waals surface area contributed by atoms with Crippen molar-refractivity contribution in [2.75, 3.05) is 14.2 Å². The number of benzene rings is 1. The van der Waals surface area contributed by atoms with E-state index in [9.17, 15) is 5.11 Å². The molecular formula is C11H15NO2. The molecule has 1 aromatic rings. The predicted octanol–water partition coefficient (Wildman–Crippen LogP) is 0.873. The van der Waals surface area contributed by atoms with Crippen LogP contribution in [-0.4, -0.2) is 25.3 Å². The van der Waals surface area contributed by atoms with Gasteiger partial charge in [0.05, 0.1) is 13.2 Å². The Hall–Kier alpha value is -1.06. The highest BCUT2D eigenvalue weighted by molar-refractivity contribution is 5.41. The zero-order valence-corrected chi connectivity index (χ0v) is 8.45. The van der Waals surface area contributed by atoms with Gasteiger partial charge >= 0.3 is 0 Å². The van der Waals surface area contributed by atoms with Gasteiger partial charge in [0.2, 0.25) is 0 Å². The quantitative estimate of drug-likeness (QED) is 0.732. The van der Waals surface area contributed by atoms with E-state index in [1.54, 1.807) is 7.11 Å². The molecule has 2 N–H and O–H groups in total. The molecule has 2 atom stereocenters. The van der Waals surface area contributed by atoms with Crippen molar-refractivity contribution < 1.29 is 9.84 Å². The molecule has 0 aromatic heterocycles. The molecular weight excluding hydrogens is 178 g/mol. The third-order valence-electron chi connectivity index (χ3n) is 2.86. The van der Waals surface area contributed by atoms with Crippen LogP contribution in [0.5, 0.6) is 5.75 Å². The first-order valence-electron chi connectivity index (χ1n) is 4.78. The largest absolute Gasteiger partial charge is 0.497 e. The monoisotopic (exact) mass is 193 g/mol. The van der Waals surface area contributed by atoms with E-state index >= 15 is 0 Å². The maximum absolute atomic E-state index is 9.94. The Morgan fingerprint density at radius 2 is 2.29 bits per heavy atom. The van der Waals surface area contributed by atoms with Crippen LogP contribution in [0.4, 0.5) is 0 Å². The van der Waals surface area contributed by atoms with E-state index in [2.05, 4.69) is 5.32 Å². The number of aliphatic hydroxyl groups is 1. The zero-order chi connectivity index (χ0) is 10.1. The van der Waals surface area contributed by atoms with Crippen molar-refractivity contribution in [1.82, 2.24) is 5.32 Å². The summed E-state index contributed by atoms with van der Waals surface area (Å²) in [4.78, 5) is 0. The number of aliphatic hydroxyl groups excluding tert-OH is 1. The lowest BCUT2D eigenvalue weighted by molar-refractivity contribution is 0.146. The topological polar surface area (TPSA) is 41.5 Å². The third-order valence-corrected chi connectivity index (χ3v) is 2.86. The number of likely N-dealkylation sites (N-methyl/N-ethyl adjacent to an activating group) is 1. The van der Waals surface area contributed by atoms with Gasteiger partial charge in [-0.25, -0.2) is 0 Å². The van der Waals surface area contributed by atoms with Crippen molar-refractivity contribution in [1.29, 1.82) is 0 Å². The van der Waals surface area contributed by atoms with E-state index in [-0.39, 0.29) is 6.04 Å². The number of ether oxygens (including phenoxy) is 1. The Morgan fingerprint density at radius 3 is 2.93 bits per heavy atom. The van der Waals surface area contributed by atoms with Crippen LogP contribution in [0, 0.1) is 0 Å². The van der Waals surface area contributed by atoms with Crippen molar-refractivity contribution in [3.8, 4) is 5.75 Å². The minimum Gasteiger partial charge on any atom is -0.497 e. The molecule has 0 fully saturated rings. The van der Waals surface area contributed by atoms with E-state index in [0.29, 0.717) is 0 Å². The highest BCUT2D eigenvalue weighted by Crippen LogP contribution is 2.33. The van der Waals surface area contributed by atoms with Crippen molar-refractivity contribution in [2.45, 2.75) is 18.6 Å². The number of hydrogen-bond acceptors (Lipinski definition) is 3. The van der Waals surface area contributed by atoms with Crippen LogP contribution < -0.4 is 10.1 Å². The smallest absolute Gasteiger partial charge is 0.119 e. The molecule has 2 rings (SSSR count). The summed E-state index contributed by atoms with van der Waals surface area (Å²) in [7, 11) is 3.51. The number of methoxy groups -OCH3 is 1. The molecule has 2 unspecified atom stereocenters.